The highest BCUT2D eigenvalue weighted by Crippen LogP contribution is 2.13. The van der Waals surface area contributed by atoms with Crippen LogP contribution in [0.1, 0.15) is 6.42 Å². The van der Waals surface area contributed by atoms with Gasteiger partial charge in [-0.05, 0) is 46.9 Å². The number of nitrogens with one attached hydrogen (secondary N) is 1. The highest BCUT2D eigenvalue weighted by Gasteiger charge is 2.27. The molecule has 0 aliphatic heterocycles. The molecule has 0 fully saturated rings. The molecule has 9 heteroatoms. The number of hydrogen-bond acceptors (Lipinski definition) is 5. The normalized spacial score (nSPS) is 12.7. The van der Waals surface area contributed by atoms with Crippen LogP contribution in [-0.2, 0) is 24.3 Å². The Labute approximate surface area is 129 Å². The predicted octanol–water partition coefficient (Wildman–Crippen LogP) is 0.586. The molecule has 7 nitrogen and oxygen atoms in total. The minimum absolute atomic E-state index is 0.0750. The van der Waals surface area contributed by atoms with Crippen molar-refractivity contribution < 1.29 is 27.9 Å². The molecule has 0 bridgehead atoms. The standard InChI is InChI=1S/C11H12INO6S/c1-19-10(14)6-9(11(15)16)13-20(17,18)8-4-2-7(12)3-5-8/h2-5,9,13H,6H2,1H3,(H,15,16)/t9-/m0/s1. The van der Waals surface area contributed by atoms with Gasteiger partial charge in [-0.3, -0.25) is 9.59 Å². The monoisotopic (exact) mass is 413 g/mol. The number of carbonyl (C=O) groups excluding carboxylic acids is 1. The second kappa shape index (κ2) is 6.99. The number of ether oxygens (including phenoxy) is 1. The number of rotatable bonds is 6. The van der Waals surface area contributed by atoms with Gasteiger partial charge < -0.3 is 9.84 Å². The molecule has 2 N–H and O–H groups in total. The van der Waals surface area contributed by atoms with E-state index >= 15 is 0 Å². The molecule has 0 unspecified atom stereocenters. The number of esters is 1. The Morgan fingerprint density at radius 2 is 1.90 bits per heavy atom. The number of carbonyl (C=O) groups is 2. The van der Waals surface area contributed by atoms with Crippen molar-refractivity contribution in [2.24, 2.45) is 0 Å². The van der Waals surface area contributed by atoms with Crippen molar-refractivity contribution in [2.75, 3.05) is 7.11 Å². The number of benzene rings is 1. The van der Waals surface area contributed by atoms with Crippen LogP contribution in [0.4, 0.5) is 0 Å². The van der Waals surface area contributed by atoms with Crippen LogP contribution in [0.3, 0.4) is 0 Å². The van der Waals surface area contributed by atoms with Gasteiger partial charge in [-0.15, -0.1) is 0 Å². The molecule has 1 aromatic carbocycles. The van der Waals surface area contributed by atoms with E-state index in [4.69, 9.17) is 5.11 Å². The summed E-state index contributed by atoms with van der Waals surface area (Å²) in [4.78, 5) is 22.0. The van der Waals surface area contributed by atoms with Crippen LogP contribution in [0.2, 0.25) is 0 Å². The van der Waals surface area contributed by atoms with Crippen molar-refractivity contribution in [2.45, 2.75) is 17.4 Å². The molecule has 0 heterocycles. The number of halogens is 1. The summed E-state index contributed by atoms with van der Waals surface area (Å²) in [5.74, 6) is -2.27. The van der Waals surface area contributed by atoms with E-state index < -0.39 is 34.4 Å². The van der Waals surface area contributed by atoms with E-state index in [1.807, 2.05) is 27.3 Å². The minimum Gasteiger partial charge on any atom is -0.480 e. The summed E-state index contributed by atoms with van der Waals surface area (Å²) >= 11 is 2.01. The Kier molecular flexibility index (Phi) is 5.89. The third-order valence-electron chi connectivity index (χ3n) is 2.32. The summed E-state index contributed by atoms with van der Waals surface area (Å²) in [6.07, 6.45) is -0.588. The Bertz CT molecular complexity index is 598. The summed E-state index contributed by atoms with van der Waals surface area (Å²) in [5.41, 5.74) is 0. The number of carboxylic acids is 1. The molecule has 1 atom stereocenters. The van der Waals surface area contributed by atoms with Gasteiger partial charge in [0.2, 0.25) is 10.0 Å². The average molecular weight is 413 g/mol. The maximum Gasteiger partial charge on any atom is 0.322 e. The number of methoxy groups -OCH3 is 1. The van der Waals surface area contributed by atoms with Crippen LogP contribution in [0, 0.1) is 3.57 Å². The molecule has 0 saturated heterocycles. The lowest BCUT2D eigenvalue weighted by Crippen LogP contribution is -2.42. The van der Waals surface area contributed by atoms with Gasteiger partial charge in [0, 0.05) is 3.57 Å². The molecule has 0 spiro atoms. The van der Waals surface area contributed by atoms with Gasteiger partial charge in [0.05, 0.1) is 18.4 Å². The van der Waals surface area contributed by atoms with Gasteiger partial charge in [0.25, 0.3) is 0 Å². The van der Waals surface area contributed by atoms with Crippen LogP contribution >= 0.6 is 22.6 Å². The van der Waals surface area contributed by atoms with E-state index in [1.165, 1.54) is 12.1 Å². The van der Waals surface area contributed by atoms with Crippen LogP contribution < -0.4 is 4.72 Å². The summed E-state index contributed by atoms with van der Waals surface area (Å²) in [6, 6.07) is 4.27. The van der Waals surface area contributed by atoms with Crippen molar-refractivity contribution in [1.82, 2.24) is 4.72 Å². The van der Waals surface area contributed by atoms with E-state index in [2.05, 4.69) is 4.74 Å². The first-order valence-corrected chi connectivity index (χ1v) is 7.90. The fourth-order valence-corrected chi connectivity index (χ4v) is 2.85. The van der Waals surface area contributed by atoms with E-state index in [0.717, 1.165) is 10.7 Å². The smallest absolute Gasteiger partial charge is 0.322 e. The Hall–Kier alpha value is -1.20. The van der Waals surface area contributed by atoms with Crippen molar-refractivity contribution in [3.63, 3.8) is 0 Å². The van der Waals surface area contributed by atoms with Gasteiger partial charge in [-0.2, -0.15) is 4.72 Å². The molecule has 0 radical (unpaired) electrons. The topological polar surface area (TPSA) is 110 Å². The lowest BCUT2D eigenvalue weighted by Gasteiger charge is -2.13. The Morgan fingerprint density at radius 3 is 2.35 bits per heavy atom. The first-order valence-electron chi connectivity index (χ1n) is 5.34. The van der Waals surface area contributed by atoms with Gasteiger partial charge >= 0.3 is 11.9 Å². The molecule has 1 rings (SSSR count). The van der Waals surface area contributed by atoms with E-state index in [9.17, 15) is 18.0 Å². The highest BCUT2D eigenvalue weighted by atomic mass is 127. The fraction of sp³-hybridized carbons (Fsp3) is 0.273. The molecule has 0 aliphatic carbocycles. The van der Waals surface area contributed by atoms with Crippen molar-refractivity contribution in [3.8, 4) is 0 Å². The van der Waals surface area contributed by atoms with Crippen LogP contribution in [0.5, 0.6) is 0 Å². The molecular weight excluding hydrogens is 401 g/mol. The molecule has 1 aromatic rings. The lowest BCUT2D eigenvalue weighted by atomic mass is 10.2. The van der Waals surface area contributed by atoms with Crippen molar-refractivity contribution in [1.29, 1.82) is 0 Å². The largest absolute Gasteiger partial charge is 0.480 e. The first-order chi connectivity index (χ1) is 9.26. The highest BCUT2D eigenvalue weighted by molar-refractivity contribution is 14.1. The number of hydrogen-bond donors (Lipinski definition) is 2. The maximum atomic E-state index is 12.0. The quantitative estimate of drug-likeness (QED) is 0.522. The van der Waals surface area contributed by atoms with E-state index in [0.29, 0.717) is 0 Å². The summed E-state index contributed by atoms with van der Waals surface area (Å²) in [7, 11) is -2.92. The Morgan fingerprint density at radius 1 is 1.35 bits per heavy atom. The third kappa shape index (κ3) is 4.72. The zero-order chi connectivity index (χ0) is 15.3. The second-order valence-corrected chi connectivity index (χ2v) is 6.71. The van der Waals surface area contributed by atoms with E-state index in [1.54, 1.807) is 12.1 Å². The van der Waals surface area contributed by atoms with Gasteiger partial charge in [0.1, 0.15) is 6.04 Å². The van der Waals surface area contributed by atoms with Gasteiger partial charge in [-0.25, -0.2) is 8.42 Å². The van der Waals surface area contributed by atoms with Crippen LogP contribution in [0.25, 0.3) is 0 Å². The van der Waals surface area contributed by atoms with Gasteiger partial charge in [-0.1, -0.05) is 0 Å². The molecule has 0 amide bonds. The maximum absolute atomic E-state index is 12.0. The average Bonchev–Trinajstić information content (AvgIpc) is 2.37. The fourth-order valence-electron chi connectivity index (χ4n) is 1.30. The molecule has 110 valence electrons. The first kappa shape index (κ1) is 16.9. The molecule has 0 aromatic heterocycles. The van der Waals surface area contributed by atoms with E-state index in [-0.39, 0.29) is 4.90 Å². The SMILES string of the molecule is COC(=O)C[C@H](NS(=O)(=O)c1ccc(I)cc1)C(=O)O. The minimum atomic E-state index is -4.02. The van der Waals surface area contributed by atoms with Gasteiger partial charge in [0.15, 0.2) is 0 Å². The predicted molar refractivity (Wildman–Crippen MR) is 77.5 cm³/mol. The zero-order valence-corrected chi connectivity index (χ0v) is 13.3. The molecule has 0 saturated carbocycles. The summed E-state index contributed by atoms with van der Waals surface area (Å²) < 4.78 is 31.1. The molecule has 20 heavy (non-hydrogen) atoms. The summed E-state index contributed by atoms with van der Waals surface area (Å²) in [5, 5.41) is 8.94. The van der Waals surface area contributed by atoms with Crippen molar-refractivity contribution in [3.05, 3.63) is 27.8 Å². The lowest BCUT2D eigenvalue weighted by molar-refractivity contribution is -0.147. The second-order valence-electron chi connectivity index (χ2n) is 3.75. The number of sulfonamides is 1. The Balaban J connectivity index is 2.94. The number of carboxylic acid groups (broad SMARTS) is 1. The zero-order valence-electron chi connectivity index (χ0n) is 10.4. The van der Waals surface area contributed by atoms with Crippen LogP contribution in [0.15, 0.2) is 29.2 Å². The molecular formula is C11H12INO6S. The van der Waals surface area contributed by atoms with Crippen LogP contribution in [-0.4, -0.2) is 38.6 Å². The number of aliphatic carboxylic acids is 1. The van der Waals surface area contributed by atoms with Crippen molar-refractivity contribution >= 4 is 44.6 Å². The summed E-state index contributed by atoms with van der Waals surface area (Å²) in [6.45, 7) is 0. The third-order valence-corrected chi connectivity index (χ3v) is 4.52. The molecule has 0 aliphatic rings.